The van der Waals surface area contributed by atoms with Crippen LogP contribution in [0.2, 0.25) is 0 Å². The highest BCUT2D eigenvalue weighted by Gasteiger charge is 2.12. The van der Waals surface area contributed by atoms with Gasteiger partial charge >= 0.3 is 0 Å². The lowest BCUT2D eigenvalue weighted by Gasteiger charge is -2.18. The van der Waals surface area contributed by atoms with Gasteiger partial charge in [-0.3, -0.25) is 5.17 Å². The molecule has 0 aliphatic carbocycles. The molecule has 0 radical (unpaired) electrons. The molecule has 2 aromatic rings. The largest absolute Gasteiger partial charge is 0.608 e. The summed E-state index contributed by atoms with van der Waals surface area (Å²) in [7, 11) is 1.52. The van der Waals surface area contributed by atoms with E-state index in [2.05, 4.69) is 0 Å². The fourth-order valence-electron chi connectivity index (χ4n) is 1.68. The third-order valence-electron chi connectivity index (χ3n) is 2.36. The first-order valence-corrected chi connectivity index (χ1v) is 4.59. The summed E-state index contributed by atoms with van der Waals surface area (Å²) in [5.74, 6) is 5.85. The molecule has 3 N–H and O–H groups in total. The van der Waals surface area contributed by atoms with Crippen molar-refractivity contribution in [1.29, 1.82) is 0 Å². The van der Waals surface area contributed by atoms with Crippen LogP contribution in [0.1, 0.15) is 0 Å². The van der Waals surface area contributed by atoms with Crippen LogP contribution in [0.3, 0.4) is 0 Å². The molecule has 0 spiro atoms. The summed E-state index contributed by atoms with van der Waals surface area (Å²) in [6, 6.07) is 11.2. The van der Waals surface area contributed by atoms with Crippen molar-refractivity contribution in [3.63, 3.8) is 0 Å². The Morgan fingerprint density at radius 3 is 2.60 bits per heavy atom. The van der Waals surface area contributed by atoms with Crippen LogP contribution in [0.4, 0.5) is 5.69 Å². The van der Waals surface area contributed by atoms with Crippen LogP contribution in [0, 0.1) is 5.21 Å². The molecule has 2 rings (SSSR count). The number of quaternary nitrogens is 1. The highest BCUT2D eigenvalue weighted by molar-refractivity contribution is 5.93. The average Bonchev–Trinajstić information content (AvgIpc) is 2.27. The predicted molar refractivity (Wildman–Crippen MR) is 58.7 cm³/mol. The van der Waals surface area contributed by atoms with Crippen LogP contribution < -0.4 is 15.8 Å². The normalized spacial score (nSPS) is 12.7. The fourth-order valence-corrected chi connectivity index (χ4v) is 1.68. The van der Waals surface area contributed by atoms with Gasteiger partial charge in [0.1, 0.15) is 0 Å². The maximum absolute atomic E-state index is 11.3. The number of hydrogen-bond donors (Lipinski definition) is 2. The van der Waals surface area contributed by atoms with Gasteiger partial charge < -0.3 is 9.94 Å². The number of ether oxygens (including phenoxy) is 1. The maximum Gasteiger partial charge on any atom is 0.200 e. The van der Waals surface area contributed by atoms with E-state index in [1.54, 1.807) is 6.07 Å². The Bertz CT molecular complexity index is 483. The van der Waals surface area contributed by atoms with E-state index in [9.17, 15) is 5.21 Å². The number of fused-ring (bicyclic) bond motifs is 1. The molecule has 1 unspecified atom stereocenters. The van der Waals surface area contributed by atoms with E-state index in [-0.39, 0.29) is 0 Å². The Kier molecular flexibility index (Phi) is 2.55. The van der Waals surface area contributed by atoms with E-state index < -0.39 is 5.17 Å². The molecule has 2 aromatic carbocycles. The van der Waals surface area contributed by atoms with Crippen LogP contribution in [0.5, 0.6) is 5.75 Å². The second-order valence-electron chi connectivity index (χ2n) is 3.23. The van der Waals surface area contributed by atoms with Crippen LogP contribution in [0.15, 0.2) is 36.4 Å². The van der Waals surface area contributed by atoms with E-state index in [1.807, 2.05) is 30.3 Å². The molecular formula is C11H12N2O2. The first-order valence-electron chi connectivity index (χ1n) is 4.59. The lowest BCUT2D eigenvalue weighted by atomic mass is 10.1. The van der Waals surface area contributed by atoms with E-state index >= 15 is 0 Å². The summed E-state index contributed by atoms with van der Waals surface area (Å²) in [6.45, 7) is 0. The fraction of sp³-hybridized carbons (Fsp3) is 0.0909. The van der Waals surface area contributed by atoms with Crippen LogP contribution in [0.25, 0.3) is 10.8 Å². The van der Waals surface area contributed by atoms with Gasteiger partial charge in [-0.2, -0.15) is 5.84 Å². The van der Waals surface area contributed by atoms with Crippen LogP contribution >= 0.6 is 0 Å². The smallest absolute Gasteiger partial charge is 0.200 e. The quantitative estimate of drug-likeness (QED) is 0.560. The Labute approximate surface area is 87.4 Å². The third kappa shape index (κ3) is 1.66. The SMILES string of the molecule is COc1ccc2ccccc2c1[NH+](N)[O-]. The number of nitrogen functional groups attached to an aromatic ring is 1. The summed E-state index contributed by atoms with van der Waals surface area (Å²) in [5, 5.41) is 12.7. The van der Waals surface area contributed by atoms with Gasteiger partial charge in [-0.25, -0.2) is 0 Å². The molecule has 0 saturated heterocycles. The molecule has 0 heterocycles. The predicted octanol–water partition coefficient (Wildman–Crippen LogP) is 0.736. The number of rotatable bonds is 2. The summed E-state index contributed by atoms with van der Waals surface area (Å²) in [5.41, 5.74) is 0.440. The van der Waals surface area contributed by atoms with Gasteiger partial charge in [0.15, 0.2) is 5.75 Å². The van der Waals surface area contributed by atoms with Gasteiger partial charge in [0.2, 0.25) is 5.69 Å². The number of methoxy groups -OCH3 is 1. The Hall–Kier alpha value is -1.62. The van der Waals surface area contributed by atoms with Gasteiger partial charge in [-0.1, -0.05) is 24.3 Å². The van der Waals surface area contributed by atoms with Crippen molar-refractivity contribution in [3.8, 4) is 5.75 Å². The van der Waals surface area contributed by atoms with E-state index in [0.717, 1.165) is 10.8 Å². The molecule has 0 amide bonds. The van der Waals surface area contributed by atoms with E-state index in [1.165, 1.54) is 7.11 Å². The third-order valence-corrected chi connectivity index (χ3v) is 2.36. The molecule has 0 fully saturated rings. The molecule has 0 aliphatic rings. The minimum absolute atomic E-state index is 0.440. The molecule has 4 nitrogen and oxygen atoms in total. The number of benzene rings is 2. The van der Waals surface area contributed by atoms with Gasteiger partial charge in [0.25, 0.3) is 0 Å². The maximum atomic E-state index is 11.3. The average molecular weight is 204 g/mol. The Balaban J connectivity index is 2.79. The van der Waals surface area contributed by atoms with Crippen molar-refractivity contribution in [2.75, 3.05) is 7.11 Å². The summed E-state index contributed by atoms with van der Waals surface area (Å²) < 4.78 is 5.11. The van der Waals surface area contributed by atoms with Gasteiger partial charge in [-0.15, -0.1) is 0 Å². The Morgan fingerprint density at radius 2 is 1.93 bits per heavy atom. The second-order valence-corrected chi connectivity index (χ2v) is 3.23. The van der Waals surface area contributed by atoms with E-state index in [4.69, 9.17) is 10.6 Å². The van der Waals surface area contributed by atoms with Crippen molar-refractivity contribution >= 4 is 16.5 Å². The van der Waals surface area contributed by atoms with Crippen molar-refractivity contribution in [1.82, 2.24) is 0 Å². The van der Waals surface area contributed by atoms with Gasteiger partial charge in [0.05, 0.1) is 7.11 Å². The first kappa shape index (κ1) is 9.92. The summed E-state index contributed by atoms with van der Waals surface area (Å²) in [6.07, 6.45) is 0. The topological polar surface area (TPSA) is 62.8 Å². The lowest BCUT2D eigenvalue weighted by molar-refractivity contribution is -0.788. The second kappa shape index (κ2) is 3.86. The summed E-state index contributed by atoms with van der Waals surface area (Å²) >= 11 is 0. The summed E-state index contributed by atoms with van der Waals surface area (Å²) in [4.78, 5) is 0. The minimum Gasteiger partial charge on any atom is -0.608 e. The zero-order valence-corrected chi connectivity index (χ0v) is 8.36. The highest BCUT2D eigenvalue weighted by atomic mass is 16.5. The van der Waals surface area contributed by atoms with E-state index in [0.29, 0.717) is 11.4 Å². The van der Waals surface area contributed by atoms with Crippen molar-refractivity contribution in [3.05, 3.63) is 41.6 Å². The standard InChI is InChI=1S/C11H12N2O2/c1-15-10-7-6-8-4-2-3-5-9(8)11(10)13(12)14/h2-7,13H,12H2,1H3. The number of hydrogen-bond acceptors (Lipinski definition) is 3. The monoisotopic (exact) mass is 204 g/mol. The molecular weight excluding hydrogens is 192 g/mol. The molecule has 78 valence electrons. The van der Waals surface area contributed by atoms with Crippen molar-refractivity contribution in [2.45, 2.75) is 0 Å². The number of nitrogens with two attached hydrogens (primary N) is 1. The van der Waals surface area contributed by atoms with Gasteiger partial charge in [0, 0.05) is 5.39 Å². The van der Waals surface area contributed by atoms with Crippen molar-refractivity contribution in [2.24, 2.45) is 5.84 Å². The molecule has 0 aliphatic heterocycles. The molecule has 1 atom stereocenters. The lowest BCUT2D eigenvalue weighted by Crippen LogP contribution is -3.08. The van der Waals surface area contributed by atoms with Crippen LogP contribution in [-0.4, -0.2) is 7.11 Å². The highest BCUT2D eigenvalue weighted by Crippen LogP contribution is 2.29. The molecule has 4 heteroatoms. The number of nitrogens with one attached hydrogen (secondary N) is 1. The molecule has 15 heavy (non-hydrogen) atoms. The first-order chi connectivity index (χ1) is 7.24. The molecule has 0 bridgehead atoms. The molecule has 0 aromatic heterocycles. The minimum atomic E-state index is -0.469. The van der Waals surface area contributed by atoms with Crippen molar-refractivity contribution < 1.29 is 9.91 Å². The zero-order chi connectivity index (χ0) is 10.8. The Morgan fingerprint density at radius 1 is 1.20 bits per heavy atom. The zero-order valence-electron chi connectivity index (χ0n) is 8.36. The molecule has 0 saturated carbocycles. The van der Waals surface area contributed by atoms with Crippen LogP contribution in [-0.2, 0) is 0 Å². The van der Waals surface area contributed by atoms with Gasteiger partial charge in [-0.05, 0) is 17.5 Å².